The summed E-state index contributed by atoms with van der Waals surface area (Å²) in [5.74, 6) is -0.534. The van der Waals surface area contributed by atoms with Gasteiger partial charge in [0.1, 0.15) is 12.6 Å². The summed E-state index contributed by atoms with van der Waals surface area (Å²) in [5.41, 5.74) is 0.446. The molecule has 0 bridgehead atoms. The minimum atomic E-state index is -3.83. The summed E-state index contributed by atoms with van der Waals surface area (Å²) in [5, 5.41) is 20.4. The quantitative estimate of drug-likeness (QED) is 0.236. The van der Waals surface area contributed by atoms with E-state index in [0.29, 0.717) is 24.8 Å². The van der Waals surface area contributed by atoms with E-state index in [1.165, 1.54) is 13.8 Å². The molecule has 2 aliphatic rings. The van der Waals surface area contributed by atoms with Crippen molar-refractivity contribution in [3.8, 4) is 0 Å². The first kappa shape index (κ1) is 37.9. The molecule has 1 saturated heterocycles. The lowest BCUT2D eigenvalue weighted by Gasteiger charge is -2.47. The van der Waals surface area contributed by atoms with Gasteiger partial charge in [0.05, 0.1) is 22.9 Å². The van der Waals surface area contributed by atoms with Crippen molar-refractivity contribution in [3.05, 3.63) is 35.9 Å². The zero-order chi connectivity index (χ0) is 34.3. The molecule has 260 valence electrons. The minimum Gasteiger partial charge on any atom is -0.390 e. The van der Waals surface area contributed by atoms with E-state index in [2.05, 4.69) is 20.9 Å². The molecule has 0 spiro atoms. The number of carbonyl (C=O) groups is 3. The number of aliphatic hydroxyl groups excluding tert-OH is 1. The molecule has 6 atom stereocenters. The Hall–Kier alpha value is -2.54. The number of amides is 3. The zero-order valence-corrected chi connectivity index (χ0v) is 29.5. The Morgan fingerprint density at radius 1 is 1.02 bits per heavy atom. The van der Waals surface area contributed by atoms with Crippen molar-refractivity contribution in [1.82, 2.24) is 20.9 Å². The van der Waals surface area contributed by atoms with Crippen LogP contribution in [0, 0.1) is 11.8 Å². The van der Waals surface area contributed by atoms with Crippen molar-refractivity contribution in [2.24, 2.45) is 11.8 Å². The van der Waals surface area contributed by atoms with E-state index >= 15 is 0 Å². The lowest BCUT2D eigenvalue weighted by atomic mass is 9.72. The first-order chi connectivity index (χ1) is 21.4. The number of β-amino-alcohol motifs (C(OH)–C–C–N with tert-alkyl or cyclic N) is 1. The second kappa shape index (κ2) is 16.0. The maximum absolute atomic E-state index is 13.9. The summed E-state index contributed by atoms with van der Waals surface area (Å²) >= 11 is 0. The second-order valence-electron chi connectivity index (χ2n) is 14.6. The van der Waals surface area contributed by atoms with Crippen molar-refractivity contribution in [2.45, 2.75) is 115 Å². The number of sulfone groups is 1. The van der Waals surface area contributed by atoms with Gasteiger partial charge in [-0.2, -0.15) is 0 Å². The van der Waals surface area contributed by atoms with E-state index in [1.54, 1.807) is 6.92 Å². The summed E-state index contributed by atoms with van der Waals surface area (Å²) in [6.45, 7) is 11.1. The number of rotatable bonds is 14. The molecule has 1 aliphatic heterocycles. The van der Waals surface area contributed by atoms with Crippen molar-refractivity contribution in [3.63, 3.8) is 0 Å². The SMILES string of the molecule is CCOCC(=O)N[C@H](C(=O)N[C@@H](Cc1ccccc1)[C@H](O)CN1C[C@H]2CCCC[C@H]2C[C@H]1C(=O)NC(C)(C)C)C(C)(C)S(C)(=O)=O. The predicted molar refractivity (Wildman–Crippen MR) is 179 cm³/mol. The number of likely N-dealkylation sites (tertiary alicyclic amines) is 1. The van der Waals surface area contributed by atoms with E-state index in [9.17, 15) is 27.9 Å². The fourth-order valence-corrected chi connectivity index (χ4v) is 7.17. The molecule has 4 N–H and O–H groups in total. The second-order valence-corrected chi connectivity index (χ2v) is 17.2. The summed E-state index contributed by atoms with van der Waals surface area (Å²) in [4.78, 5) is 42.3. The largest absolute Gasteiger partial charge is 0.390 e. The Bertz CT molecular complexity index is 1280. The molecule has 1 aromatic carbocycles. The first-order valence-electron chi connectivity index (χ1n) is 16.6. The molecule has 0 aromatic heterocycles. The third-order valence-electron chi connectivity index (χ3n) is 9.47. The molecule has 3 rings (SSSR count). The van der Waals surface area contributed by atoms with Crippen LogP contribution in [-0.4, -0.2) is 103 Å². The van der Waals surface area contributed by atoms with Crippen molar-refractivity contribution >= 4 is 27.6 Å². The van der Waals surface area contributed by atoms with Crippen LogP contribution in [-0.2, 0) is 35.4 Å². The van der Waals surface area contributed by atoms with Gasteiger partial charge in [0.25, 0.3) is 0 Å². The summed E-state index contributed by atoms with van der Waals surface area (Å²) in [6, 6.07) is 6.67. The molecule has 11 nitrogen and oxygen atoms in total. The van der Waals surface area contributed by atoms with Crippen LogP contribution in [0.25, 0.3) is 0 Å². The Labute approximate surface area is 275 Å². The van der Waals surface area contributed by atoms with E-state index < -0.39 is 56.2 Å². The van der Waals surface area contributed by atoms with Crippen LogP contribution >= 0.6 is 0 Å². The van der Waals surface area contributed by atoms with Gasteiger partial charge in [-0.25, -0.2) is 8.42 Å². The Morgan fingerprint density at radius 3 is 2.24 bits per heavy atom. The molecule has 1 aromatic rings. The zero-order valence-electron chi connectivity index (χ0n) is 28.7. The van der Waals surface area contributed by atoms with Crippen LogP contribution in [0.2, 0.25) is 0 Å². The smallest absolute Gasteiger partial charge is 0.246 e. The molecular formula is C34H56N4O7S. The normalized spacial score (nSPS) is 23.0. The highest BCUT2D eigenvalue weighted by Crippen LogP contribution is 2.39. The van der Waals surface area contributed by atoms with Crippen LogP contribution in [0.3, 0.4) is 0 Å². The van der Waals surface area contributed by atoms with Crippen molar-refractivity contribution in [1.29, 1.82) is 0 Å². The highest BCUT2D eigenvalue weighted by Gasteiger charge is 2.46. The monoisotopic (exact) mass is 664 g/mol. The number of aliphatic hydroxyl groups is 1. The number of benzene rings is 1. The van der Waals surface area contributed by atoms with Gasteiger partial charge >= 0.3 is 0 Å². The fourth-order valence-electron chi connectivity index (χ4n) is 6.58. The van der Waals surface area contributed by atoms with Gasteiger partial charge in [0.15, 0.2) is 9.84 Å². The molecule has 12 heteroatoms. The highest BCUT2D eigenvalue weighted by atomic mass is 32.2. The molecule has 1 aliphatic carbocycles. The number of carbonyl (C=O) groups excluding carboxylic acids is 3. The topological polar surface area (TPSA) is 154 Å². The van der Waals surface area contributed by atoms with Gasteiger partial charge in [-0.15, -0.1) is 0 Å². The molecule has 0 radical (unpaired) electrons. The fraction of sp³-hybridized carbons (Fsp3) is 0.735. The number of nitrogens with zero attached hydrogens (tertiary/aromatic N) is 1. The van der Waals surface area contributed by atoms with Crippen LogP contribution in [0.1, 0.15) is 79.2 Å². The lowest BCUT2D eigenvalue weighted by Crippen LogP contribution is -2.64. The van der Waals surface area contributed by atoms with Crippen LogP contribution in [0.5, 0.6) is 0 Å². The standard InChI is InChI=1S/C34H56N4O7S/c1-8-45-22-29(40)36-30(34(5,6)46(7,43)44)32(42)35-26(18-23-14-10-9-11-15-23)28(39)21-38-20-25-17-13-12-16-24(25)19-27(38)31(41)37-33(2,3)4/h9-11,14-15,24-28,30,39H,8,12-13,16-22H2,1-7H3,(H,35,42)(H,36,40)(H,37,41)/t24-,25+,26-,27-,28+,30+/m0/s1. The summed E-state index contributed by atoms with van der Waals surface area (Å²) in [7, 11) is -3.83. The van der Waals surface area contributed by atoms with Crippen LogP contribution in [0.15, 0.2) is 30.3 Å². The van der Waals surface area contributed by atoms with E-state index in [-0.39, 0.29) is 32.1 Å². The summed E-state index contributed by atoms with van der Waals surface area (Å²) < 4.78 is 29.2. The van der Waals surface area contributed by atoms with Crippen LogP contribution in [0.4, 0.5) is 0 Å². The molecule has 1 saturated carbocycles. The van der Waals surface area contributed by atoms with Gasteiger partial charge in [-0.1, -0.05) is 49.6 Å². The van der Waals surface area contributed by atoms with Gasteiger partial charge < -0.3 is 25.8 Å². The molecule has 0 unspecified atom stereocenters. The average Bonchev–Trinajstić information content (AvgIpc) is 2.97. The summed E-state index contributed by atoms with van der Waals surface area (Å²) in [6.07, 6.45) is 5.38. The molecule has 2 fully saturated rings. The number of fused-ring (bicyclic) bond motifs is 1. The van der Waals surface area contributed by atoms with Gasteiger partial charge in [-0.3, -0.25) is 19.3 Å². The number of hydrogen-bond donors (Lipinski definition) is 4. The van der Waals surface area contributed by atoms with E-state index in [4.69, 9.17) is 4.74 Å². The molecule has 1 heterocycles. The van der Waals surface area contributed by atoms with Gasteiger partial charge in [0, 0.05) is 31.5 Å². The maximum Gasteiger partial charge on any atom is 0.246 e. The third-order valence-corrected chi connectivity index (χ3v) is 11.6. The van der Waals surface area contributed by atoms with Crippen LogP contribution < -0.4 is 16.0 Å². The first-order valence-corrected chi connectivity index (χ1v) is 18.5. The number of hydrogen-bond acceptors (Lipinski definition) is 8. The number of piperidine rings is 1. The molecule has 3 amide bonds. The van der Waals surface area contributed by atoms with E-state index in [1.807, 2.05) is 51.1 Å². The minimum absolute atomic E-state index is 0.0701. The average molecular weight is 665 g/mol. The third kappa shape index (κ3) is 10.5. The predicted octanol–water partition coefficient (Wildman–Crippen LogP) is 2.21. The van der Waals surface area contributed by atoms with Crippen molar-refractivity contribution in [2.75, 3.05) is 32.6 Å². The number of ether oxygens (including phenoxy) is 1. The van der Waals surface area contributed by atoms with E-state index in [0.717, 1.165) is 37.5 Å². The lowest BCUT2D eigenvalue weighted by molar-refractivity contribution is -0.134. The number of nitrogens with one attached hydrogen (secondary N) is 3. The molecular weight excluding hydrogens is 608 g/mol. The Morgan fingerprint density at radius 2 is 1.65 bits per heavy atom. The highest BCUT2D eigenvalue weighted by molar-refractivity contribution is 7.92. The molecule has 46 heavy (non-hydrogen) atoms. The van der Waals surface area contributed by atoms with Crippen molar-refractivity contribution < 1.29 is 32.6 Å². The van der Waals surface area contributed by atoms with Gasteiger partial charge in [0.2, 0.25) is 17.7 Å². The van der Waals surface area contributed by atoms with Gasteiger partial charge in [-0.05, 0) is 78.2 Å². The Kier molecular flexibility index (Phi) is 13.2. The maximum atomic E-state index is 13.9. The Balaban J connectivity index is 1.91.